The zero-order valence-corrected chi connectivity index (χ0v) is 10.8. The number of benzene rings is 1. The van der Waals surface area contributed by atoms with Crippen LogP contribution in [-0.2, 0) is 9.59 Å². The molecule has 0 radical (unpaired) electrons. The molecule has 0 saturated heterocycles. The fraction of sp³-hybridized carbons (Fsp3) is 0.333. The van der Waals surface area contributed by atoms with E-state index in [-0.39, 0.29) is 12.5 Å². The largest absolute Gasteiger partial charge is 0.484 e. The third-order valence-electron chi connectivity index (χ3n) is 2.00. The minimum atomic E-state index is -0.422. The van der Waals surface area contributed by atoms with Gasteiger partial charge >= 0.3 is 0 Å². The third kappa shape index (κ3) is 5.54. The lowest BCUT2D eigenvalue weighted by Gasteiger charge is -2.08. The number of hydrazine groups is 1. The molecule has 0 unspecified atom stereocenters. The highest BCUT2D eigenvalue weighted by atomic mass is 35.5. The van der Waals surface area contributed by atoms with Gasteiger partial charge in [0.05, 0.1) is 0 Å². The normalized spacial score (nSPS) is 9.67. The Bertz CT molecular complexity index is 406. The van der Waals surface area contributed by atoms with Gasteiger partial charge in [-0.05, 0) is 30.7 Å². The van der Waals surface area contributed by atoms with Crippen LogP contribution in [0.3, 0.4) is 0 Å². The predicted molar refractivity (Wildman–Crippen MR) is 68.1 cm³/mol. The number of halogens is 1. The van der Waals surface area contributed by atoms with Gasteiger partial charge in [-0.15, -0.1) is 0 Å². The van der Waals surface area contributed by atoms with Gasteiger partial charge in [-0.2, -0.15) is 0 Å². The lowest BCUT2D eigenvalue weighted by Crippen LogP contribution is -2.43. The van der Waals surface area contributed by atoms with Crippen LogP contribution in [0.1, 0.15) is 19.8 Å². The predicted octanol–water partition coefficient (Wildman–Crippen LogP) is 1.67. The molecule has 18 heavy (non-hydrogen) atoms. The SMILES string of the molecule is CCCC(=O)NNC(=O)COc1ccc(Cl)cc1. The summed E-state index contributed by atoms with van der Waals surface area (Å²) in [4.78, 5) is 22.4. The average Bonchev–Trinajstić information content (AvgIpc) is 2.36. The smallest absolute Gasteiger partial charge is 0.276 e. The molecule has 1 rings (SSSR count). The van der Waals surface area contributed by atoms with Crippen LogP contribution >= 0.6 is 11.6 Å². The Hall–Kier alpha value is -1.75. The van der Waals surface area contributed by atoms with E-state index in [2.05, 4.69) is 10.9 Å². The summed E-state index contributed by atoms with van der Waals surface area (Å²) in [5.41, 5.74) is 4.55. The topological polar surface area (TPSA) is 67.4 Å². The molecule has 0 aromatic heterocycles. The summed E-state index contributed by atoms with van der Waals surface area (Å²) >= 11 is 5.71. The van der Waals surface area contributed by atoms with Crippen molar-refractivity contribution >= 4 is 23.4 Å². The van der Waals surface area contributed by atoms with Crippen molar-refractivity contribution in [1.29, 1.82) is 0 Å². The number of amides is 2. The first-order valence-electron chi connectivity index (χ1n) is 5.58. The third-order valence-corrected chi connectivity index (χ3v) is 2.25. The number of carbonyl (C=O) groups is 2. The highest BCUT2D eigenvalue weighted by Gasteiger charge is 2.04. The quantitative estimate of drug-likeness (QED) is 0.800. The van der Waals surface area contributed by atoms with Crippen LogP contribution in [0.25, 0.3) is 0 Å². The van der Waals surface area contributed by atoms with Crippen LogP contribution in [0.15, 0.2) is 24.3 Å². The number of hydrogen-bond acceptors (Lipinski definition) is 3. The molecule has 2 N–H and O–H groups in total. The van der Waals surface area contributed by atoms with Crippen LogP contribution in [0.5, 0.6) is 5.75 Å². The standard InChI is InChI=1S/C12H15ClN2O3/c1-2-3-11(16)14-15-12(17)8-18-10-6-4-9(13)5-7-10/h4-7H,2-3,8H2,1H3,(H,14,16)(H,15,17). The summed E-state index contributed by atoms with van der Waals surface area (Å²) in [6, 6.07) is 6.65. The van der Waals surface area contributed by atoms with Crippen molar-refractivity contribution in [1.82, 2.24) is 10.9 Å². The monoisotopic (exact) mass is 270 g/mol. The molecule has 0 fully saturated rings. The molecule has 0 aliphatic heterocycles. The van der Waals surface area contributed by atoms with E-state index in [9.17, 15) is 9.59 Å². The van der Waals surface area contributed by atoms with Crippen molar-refractivity contribution in [3.63, 3.8) is 0 Å². The number of rotatable bonds is 5. The number of nitrogens with one attached hydrogen (secondary N) is 2. The summed E-state index contributed by atoms with van der Waals surface area (Å²) in [5.74, 6) is -0.110. The Morgan fingerprint density at radius 1 is 1.17 bits per heavy atom. The van der Waals surface area contributed by atoms with E-state index in [1.54, 1.807) is 24.3 Å². The Kier molecular flexibility index (Phi) is 6.00. The van der Waals surface area contributed by atoms with E-state index in [0.717, 1.165) is 6.42 Å². The van der Waals surface area contributed by atoms with Gasteiger partial charge in [0.1, 0.15) is 5.75 Å². The molecule has 98 valence electrons. The van der Waals surface area contributed by atoms with Crippen LogP contribution in [0, 0.1) is 0 Å². The molecule has 0 spiro atoms. The molecule has 0 bridgehead atoms. The molecule has 0 heterocycles. The van der Waals surface area contributed by atoms with Crippen molar-refractivity contribution in [2.24, 2.45) is 0 Å². The van der Waals surface area contributed by atoms with Crippen LogP contribution < -0.4 is 15.6 Å². The second kappa shape index (κ2) is 7.55. The van der Waals surface area contributed by atoms with E-state index in [4.69, 9.17) is 16.3 Å². The lowest BCUT2D eigenvalue weighted by molar-refractivity contribution is -0.130. The molecule has 2 amide bonds. The second-order valence-electron chi connectivity index (χ2n) is 3.59. The van der Waals surface area contributed by atoms with Gasteiger partial charge in [0.25, 0.3) is 5.91 Å². The summed E-state index contributed by atoms with van der Waals surface area (Å²) in [6.07, 6.45) is 1.10. The zero-order valence-electron chi connectivity index (χ0n) is 10.0. The Morgan fingerprint density at radius 2 is 1.78 bits per heavy atom. The Labute approximate surface area is 110 Å². The minimum absolute atomic E-state index is 0.173. The fourth-order valence-electron chi connectivity index (χ4n) is 1.14. The van der Waals surface area contributed by atoms with Gasteiger partial charge in [0.15, 0.2) is 6.61 Å². The highest BCUT2D eigenvalue weighted by molar-refractivity contribution is 6.30. The first-order valence-corrected chi connectivity index (χ1v) is 5.95. The summed E-state index contributed by atoms with van der Waals surface area (Å²) in [6.45, 7) is 1.71. The van der Waals surface area contributed by atoms with Crippen LogP contribution in [0.2, 0.25) is 5.02 Å². The number of hydrogen-bond donors (Lipinski definition) is 2. The molecule has 0 atom stereocenters. The van der Waals surface area contributed by atoms with Crippen molar-refractivity contribution in [3.05, 3.63) is 29.3 Å². The van der Waals surface area contributed by atoms with Gasteiger partial charge < -0.3 is 4.74 Å². The van der Waals surface area contributed by atoms with Crippen LogP contribution in [0.4, 0.5) is 0 Å². The van der Waals surface area contributed by atoms with Crippen molar-refractivity contribution in [2.45, 2.75) is 19.8 Å². The molecule has 1 aromatic carbocycles. The molecule has 1 aromatic rings. The van der Waals surface area contributed by atoms with E-state index < -0.39 is 5.91 Å². The van der Waals surface area contributed by atoms with Crippen molar-refractivity contribution in [3.8, 4) is 5.75 Å². The van der Waals surface area contributed by atoms with Crippen LogP contribution in [-0.4, -0.2) is 18.4 Å². The fourth-order valence-corrected chi connectivity index (χ4v) is 1.27. The molecule has 0 saturated carbocycles. The summed E-state index contributed by atoms with van der Waals surface area (Å²) in [7, 11) is 0. The van der Waals surface area contributed by atoms with E-state index in [1.807, 2.05) is 6.92 Å². The Balaban J connectivity index is 2.24. The summed E-state index contributed by atoms with van der Waals surface area (Å²) < 4.78 is 5.19. The average molecular weight is 271 g/mol. The van der Waals surface area contributed by atoms with Gasteiger partial charge in [0, 0.05) is 11.4 Å². The lowest BCUT2D eigenvalue weighted by atomic mass is 10.3. The minimum Gasteiger partial charge on any atom is -0.484 e. The first kappa shape index (κ1) is 14.3. The maximum Gasteiger partial charge on any atom is 0.276 e. The molecule has 5 nitrogen and oxygen atoms in total. The Morgan fingerprint density at radius 3 is 2.39 bits per heavy atom. The first-order chi connectivity index (χ1) is 8.61. The molecule has 0 aliphatic carbocycles. The maximum atomic E-state index is 11.3. The van der Waals surface area contributed by atoms with Gasteiger partial charge in [-0.3, -0.25) is 20.4 Å². The van der Waals surface area contributed by atoms with Crippen molar-refractivity contribution in [2.75, 3.05) is 6.61 Å². The van der Waals surface area contributed by atoms with E-state index in [1.165, 1.54) is 0 Å². The summed E-state index contributed by atoms with van der Waals surface area (Å²) in [5, 5.41) is 0.596. The number of carbonyl (C=O) groups excluding carboxylic acids is 2. The van der Waals surface area contributed by atoms with E-state index >= 15 is 0 Å². The zero-order chi connectivity index (χ0) is 13.4. The molecular formula is C12H15ClN2O3. The van der Waals surface area contributed by atoms with Gasteiger partial charge in [-0.25, -0.2) is 0 Å². The van der Waals surface area contributed by atoms with Gasteiger partial charge in [0.2, 0.25) is 5.91 Å². The maximum absolute atomic E-state index is 11.3. The highest BCUT2D eigenvalue weighted by Crippen LogP contribution is 2.15. The second-order valence-corrected chi connectivity index (χ2v) is 4.03. The molecule has 6 heteroatoms. The van der Waals surface area contributed by atoms with E-state index in [0.29, 0.717) is 17.2 Å². The molecular weight excluding hydrogens is 256 g/mol. The number of ether oxygens (including phenoxy) is 1. The molecule has 0 aliphatic rings. The van der Waals surface area contributed by atoms with Gasteiger partial charge in [-0.1, -0.05) is 18.5 Å². The van der Waals surface area contributed by atoms with Crippen molar-refractivity contribution < 1.29 is 14.3 Å².